The van der Waals surface area contributed by atoms with Gasteiger partial charge in [-0.1, -0.05) is 19.1 Å². The van der Waals surface area contributed by atoms with Crippen molar-refractivity contribution in [2.24, 2.45) is 0 Å². The van der Waals surface area contributed by atoms with Gasteiger partial charge in [0, 0.05) is 18.6 Å². The molecule has 6 nitrogen and oxygen atoms in total. The fourth-order valence-electron chi connectivity index (χ4n) is 2.06. The predicted molar refractivity (Wildman–Crippen MR) is 100 cm³/mol. The molecule has 142 valence electrons. The summed E-state index contributed by atoms with van der Waals surface area (Å²) >= 11 is 0. The fraction of sp³-hybridized carbons (Fsp3) is 0.611. The highest BCUT2D eigenvalue weighted by atomic mass is 32.2. The second-order valence-corrected chi connectivity index (χ2v) is 8.85. The van der Waals surface area contributed by atoms with Gasteiger partial charge in [0.1, 0.15) is 5.75 Å². The van der Waals surface area contributed by atoms with Crippen molar-refractivity contribution in [3.63, 3.8) is 0 Å². The molecule has 0 aromatic heterocycles. The van der Waals surface area contributed by atoms with Crippen molar-refractivity contribution in [3.05, 3.63) is 29.8 Å². The molecule has 0 spiro atoms. The highest BCUT2D eigenvalue weighted by Crippen LogP contribution is 2.18. The van der Waals surface area contributed by atoms with E-state index in [1.165, 1.54) is 0 Å². The molecule has 0 aliphatic carbocycles. The second-order valence-electron chi connectivity index (χ2n) is 6.76. The molecule has 0 saturated carbocycles. The summed E-state index contributed by atoms with van der Waals surface area (Å²) in [6, 6.07) is 6.85. The lowest BCUT2D eigenvalue weighted by Crippen LogP contribution is -2.46. The molecule has 1 aromatic carbocycles. The number of nitrogens with one attached hydrogen (secondary N) is 1. The average molecular weight is 371 g/mol. The summed E-state index contributed by atoms with van der Waals surface area (Å²) in [7, 11) is -3.61. The molecule has 0 radical (unpaired) electrons. The molecule has 2 amide bonds. The molecule has 7 heteroatoms. The molecular weight excluding hydrogens is 340 g/mol. The van der Waals surface area contributed by atoms with Crippen molar-refractivity contribution in [2.75, 3.05) is 0 Å². The zero-order valence-electron chi connectivity index (χ0n) is 15.9. The van der Waals surface area contributed by atoms with Crippen LogP contribution in [0.5, 0.6) is 5.75 Å². The van der Waals surface area contributed by atoms with E-state index in [0.29, 0.717) is 6.54 Å². The SMILES string of the molecule is CCC(C)N(Cc1ccc(OS(=O)(=O)C(C)C)cc1)C(=O)NC(C)C. The zero-order chi connectivity index (χ0) is 19.2. The Morgan fingerprint density at radius 1 is 1.12 bits per heavy atom. The molecule has 0 aliphatic heterocycles. The van der Waals surface area contributed by atoms with Gasteiger partial charge in [-0.2, -0.15) is 8.42 Å². The van der Waals surface area contributed by atoms with Crippen LogP contribution in [0, 0.1) is 0 Å². The first-order valence-electron chi connectivity index (χ1n) is 8.66. The van der Waals surface area contributed by atoms with E-state index < -0.39 is 15.4 Å². The Hall–Kier alpha value is -1.76. The van der Waals surface area contributed by atoms with Crippen molar-refractivity contribution in [1.29, 1.82) is 0 Å². The molecule has 1 N–H and O–H groups in total. The van der Waals surface area contributed by atoms with Crippen molar-refractivity contribution >= 4 is 16.1 Å². The van der Waals surface area contributed by atoms with Gasteiger partial charge in [-0.25, -0.2) is 4.79 Å². The van der Waals surface area contributed by atoms with Crippen molar-refractivity contribution in [2.45, 2.75) is 71.8 Å². The van der Waals surface area contributed by atoms with E-state index in [1.54, 1.807) is 43.0 Å². The molecule has 0 aliphatic rings. The van der Waals surface area contributed by atoms with Gasteiger partial charge in [0.2, 0.25) is 0 Å². The summed E-state index contributed by atoms with van der Waals surface area (Å²) < 4.78 is 28.7. The smallest absolute Gasteiger partial charge is 0.318 e. The topological polar surface area (TPSA) is 75.7 Å². The molecule has 25 heavy (non-hydrogen) atoms. The molecular formula is C18H30N2O4S. The number of hydrogen-bond acceptors (Lipinski definition) is 4. The molecule has 0 fully saturated rings. The summed E-state index contributed by atoms with van der Waals surface area (Å²) in [5.41, 5.74) is 0.911. The Bertz CT molecular complexity index is 654. The lowest BCUT2D eigenvalue weighted by Gasteiger charge is -2.29. The van der Waals surface area contributed by atoms with Gasteiger partial charge in [0.15, 0.2) is 0 Å². The number of benzene rings is 1. The van der Waals surface area contributed by atoms with Gasteiger partial charge in [-0.3, -0.25) is 0 Å². The van der Waals surface area contributed by atoms with Gasteiger partial charge < -0.3 is 14.4 Å². The van der Waals surface area contributed by atoms with Crippen LogP contribution in [-0.2, 0) is 16.7 Å². The minimum absolute atomic E-state index is 0.0658. The van der Waals surface area contributed by atoms with E-state index in [-0.39, 0.29) is 23.9 Å². The lowest BCUT2D eigenvalue weighted by atomic mass is 10.1. The first kappa shape index (κ1) is 21.3. The van der Waals surface area contributed by atoms with Crippen LogP contribution in [0.1, 0.15) is 53.5 Å². The number of carbonyl (C=O) groups is 1. The van der Waals surface area contributed by atoms with Crippen LogP contribution in [0.15, 0.2) is 24.3 Å². The van der Waals surface area contributed by atoms with E-state index >= 15 is 0 Å². The quantitative estimate of drug-likeness (QED) is 0.710. The summed E-state index contributed by atoms with van der Waals surface area (Å²) in [6.45, 7) is 11.5. The Morgan fingerprint density at radius 2 is 1.68 bits per heavy atom. The van der Waals surface area contributed by atoms with E-state index in [4.69, 9.17) is 4.18 Å². The highest BCUT2D eigenvalue weighted by molar-refractivity contribution is 7.87. The summed E-state index contributed by atoms with van der Waals surface area (Å²) in [5, 5.41) is 2.31. The normalized spacial score (nSPS) is 13.0. The van der Waals surface area contributed by atoms with Gasteiger partial charge >= 0.3 is 16.1 Å². The van der Waals surface area contributed by atoms with Crippen molar-refractivity contribution < 1.29 is 17.4 Å². The third-order valence-corrected chi connectivity index (χ3v) is 5.44. The Kier molecular flexibility index (Phi) is 7.73. The highest BCUT2D eigenvalue weighted by Gasteiger charge is 2.21. The zero-order valence-corrected chi connectivity index (χ0v) is 16.8. The van der Waals surface area contributed by atoms with Crippen LogP contribution < -0.4 is 9.50 Å². The molecule has 1 rings (SSSR count). The van der Waals surface area contributed by atoms with Crippen molar-refractivity contribution in [3.8, 4) is 5.75 Å². The molecule has 0 saturated heterocycles. The van der Waals surface area contributed by atoms with E-state index in [2.05, 4.69) is 5.32 Å². The van der Waals surface area contributed by atoms with Crippen molar-refractivity contribution in [1.82, 2.24) is 10.2 Å². The minimum atomic E-state index is -3.61. The second kappa shape index (κ2) is 9.08. The number of nitrogens with zero attached hydrogens (tertiary/aromatic N) is 1. The number of rotatable bonds is 8. The molecule has 0 heterocycles. The molecule has 1 aromatic rings. The number of hydrogen-bond donors (Lipinski definition) is 1. The third-order valence-electron chi connectivity index (χ3n) is 3.86. The van der Waals surface area contributed by atoms with Gasteiger partial charge in [0.25, 0.3) is 0 Å². The van der Waals surface area contributed by atoms with Crippen LogP contribution in [0.25, 0.3) is 0 Å². The standard InChI is InChI=1S/C18H30N2O4S/c1-7-15(6)20(18(21)19-13(2)3)12-16-8-10-17(11-9-16)24-25(22,23)14(4)5/h8-11,13-15H,7,12H2,1-6H3,(H,19,21). The van der Waals surface area contributed by atoms with E-state index in [9.17, 15) is 13.2 Å². The maximum absolute atomic E-state index is 12.4. The Morgan fingerprint density at radius 3 is 2.12 bits per heavy atom. The molecule has 1 atom stereocenters. The van der Waals surface area contributed by atoms with Gasteiger partial charge in [0.05, 0.1) is 5.25 Å². The van der Waals surface area contributed by atoms with Crippen LogP contribution in [0.2, 0.25) is 0 Å². The maximum Gasteiger partial charge on any atom is 0.318 e. The summed E-state index contributed by atoms with van der Waals surface area (Å²) in [5.74, 6) is 0.277. The molecule has 1 unspecified atom stereocenters. The van der Waals surface area contributed by atoms with Crippen LogP contribution in [-0.4, -0.2) is 36.7 Å². The predicted octanol–water partition coefficient (Wildman–Crippen LogP) is 3.52. The monoisotopic (exact) mass is 370 g/mol. The number of amides is 2. The van der Waals surface area contributed by atoms with Gasteiger partial charge in [-0.15, -0.1) is 0 Å². The van der Waals surface area contributed by atoms with Crippen LogP contribution in [0.4, 0.5) is 4.79 Å². The van der Waals surface area contributed by atoms with E-state index in [1.807, 2.05) is 27.7 Å². The lowest BCUT2D eigenvalue weighted by molar-refractivity contribution is 0.171. The Balaban J connectivity index is 2.87. The average Bonchev–Trinajstić information content (AvgIpc) is 2.52. The maximum atomic E-state index is 12.4. The van der Waals surface area contributed by atoms with Gasteiger partial charge in [-0.05, 0) is 58.7 Å². The first-order valence-corrected chi connectivity index (χ1v) is 10.1. The minimum Gasteiger partial charge on any atom is -0.382 e. The molecule has 0 bridgehead atoms. The van der Waals surface area contributed by atoms with Crippen LogP contribution >= 0.6 is 0 Å². The first-order chi connectivity index (χ1) is 11.6. The summed E-state index contributed by atoms with van der Waals surface area (Å²) in [4.78, 5) is 14.2. The van der Waals surface area contributed by atoms with Crippen LogP contribution in [0.3, 0.4) is 0 Å². The fourth-order valence-corrected chi connectivity index (χ4v) is 2.63. The summed E-state index contributed by atoms with van der Waals surface area (Å²) in [6.07, 6.45) is 0.847. The largest absolute Gasteiger partial charge is 0.382 e. The number of urea groups is 1. The third kappa shape index (κ3) is 6.57. The van der Waals surface area contributed by atoms with E-state index in [0.717, 1.165) is 12.0 Å². The Labute approximate surface area is 151 Å². The number of carbonyl (C=O) groups excluding carboxylic acids is 1.